The van der Waals surface area contributed by atoms with Crippen molar-refractivity contribution in [3.05, 3.63) is 0 Å². The van der Waals surface area contributed by atoms with Crippen molar-refractivity contribution in [1.82, 2.24) is 0 Å². The molecule has 0 heterocycles. The van der Waals surface area contributed by atoms with Crippen LogP contribution in [0.5, 0.6) is 0 Å². The van der Waals surface area contributed by atoms with E-state index >= 15 is 0 Å². The third-order valence-electron chi connectivity index (χ3n) is 9.99. The maximum Gasteiger partial charge on any atom is 0.309 e. The highest BCUT2D eigenvalue weighted by Gasteiger charge is 2.33. The molecule has 43 heavy (non-hydrogen) atoms. The SMILES string of the molecule is CCCCC(CC)COC(=O)C(CC(CC)CCCC)C(CCCCCCCCCCCCCCCCC(=O)O)C(C)C. The van der Waals surface area contributed by atoms with Crippen molar-refractivity contribution in [2.24, 2.45) is 29.6 Å². The van der Waals surface area contributed by atoms with Crippen molar-refractivity contribution < 1.29 is 19.4 Å². The summed E-state index contributed by atoms with van der Waals surface area (Å²) in [4.78, 5) is 24.2. The molecule has 0 radical (unpaired) electrons. The molecule has 1 N–H and O–H groups in total. The van der Waals surface area contributed by atoms with E-state index in [1.54, 1.807) is 0 Å². The third kappa shape index (κ3) is 23.9. The molecule has 0 saturated heterocycles. The van der Waals surface area contributed by atoms with Gasteiger partial charge >= 0.3 is 11.9 Å². The Labute approximate surface area is 269 Å². The highest BCUT2D eigenvalue weighted by Crippen LogP contribution is 2.35. The van der Waals surface area contributed by atoms with Gasteiger partial charge in [0.05, 0.1) is 12.5 Å². The highest BCUT2D eigenvalue weighted by molar-refractivity contribution is 5.73. The molecule has 4 nitrogen and oxygen atoms in total. The van der Waals surface area contributed by atoms with Crippen molar-refractivity contribution in [3.8, 4) is 0 Å². The van der Waals surface area contributed by atoms with Crippen LogP contribution in [0.3, 0.4) is 0 Å². The van der Waals surface area contributed by atoms with Crippen molar-refractivity contribution in [2.75, 3.05) is 6.61 Å². The minimum atomic E-state index is -0.665. The number of ether oxygens (including phenoxy) is 1. The van der Waals surface area contributed by atoms with Gasteiger partial charge in [-0.3, -0.25) is 9.59 Å². The van der Waals surface area contributed by atoms with E-state index in [9.17, 15) is 9.59 Å². The number of unbranched alkanes of at least 4 members (excludes halogenated alkanes) is 15. The number of esters is 1. The summed E-state index contributed by atoms with van der Waals surface area (Å²) in [5, 5.41) is 8.69. The normalized spacial score (nSPS) is 14.5. The fraction of sp³-hybridized carbons (Fsp3) is 0.949. The lowest BCUT2D eigenvalue weighted by atomic mass is 9.74. The van der Waals surface area contributed by atoms with Gasteiger partial charge in [0, 0.05) is 6.42 Å². The standard InChI is InChI=1S/C39H76O4/c1-7-11-27-34(9-3)31-37(39(42)43-32-35(10-4)28-12-8-2)36(33(5)6)29-25-23-21-19-17-15-13-14-16-18-20-22-24-26-30-38(40)41/h33-37H,7-32H2,1-6H3,(H,40,41). The van der Waals surface area contributed by atoms with Gasteiger partial charge in [-0.15, -0.1) is 0 Å². The Balaban J connectivity index is 4.52. The summed E-state index contributed by atoms with van der Waals surface area (Å²) in [6.45, 7) is 14.3. The van der Waals surface area contributed by atoms with Crippen LogP contribution in [0.1, 0.15) is 202 Å². The van der Waals surface area contributed by atoms with Gasteiger partial charge < -0.3 is 9.84 Å². The molecule has 0 aliphatic rings. The second kappa shape index (κ2) is 29.6. The summed E-state index contributed by atoms with van der Waals surface area (Å²) in [5.41, 5.74) is 0. The van der Waals surface area contributed by atoms with Crippen LogP contribution in [0.4, 0.5) is 0 Å². The molecule has 4 heteroatoms. The van der Waals surface area contributed by atoms with E-state index in [0.29, 0.717) is 36.7 Å². The maximum absolute atomic E-state index is 13.6. The maximum atomic E-state index is 13.6. The number of hydrogen-bond donors (Lipinski definition) is 1. The van der Waals surface area contributed by atoms with Gasteiger partial charge in [-0.25, -0.2) is 0 Å². The van der Waals surface area contributed by atoms with Crippen LogP contribution in [-0.4, -0.2) is 23.7 Å². The zero-order valence-electron chi connectivity index (χ0n) is 29.9. The third-order valence-corrected chi connectivity index (χ3v) is 9.99. The monoisotopic (exact) mass is 609 g/mol. The van der Waals surface area contributed by atoms with Gasteiger partial charge in [0.25, 0.3) is 0 Å². The zero-order chi connectivity index (χ0) is 32.1. The molecule has 0 aromatic rings. The molecule has 0 aromatic carbocycles. The second-order valence-corrected chi connectivity index (χ2v) is 14.1. The van der Waals surface area contributed by atoms with Crippen LogP contribution in [0, 0.1) is 29.6 Å². The predicted molar refractivity (Wildman–Crippen MR) is 186 cm³/mol. The molecule has 0 amide bonds. The Bertz CT molecular complexity index is 631. The van der Waals surface area contributed by atoms with E-state index in [4.69, 9.17) is 9.84 Å². The van der Waals surface area contributed by atoms with E-state index in [0.717, 1.165) is 38.5 Å². The van der Waals surface area contributed by atoms with E-state index < -0.39 is 5.97 Å². The largest absolute Gasteiger partial charge is 0.481 e. The number of carbonyl (C=O) groups excluding carboxylic acids is 1. The van der Waals surface area contributed by atoms with Gasteiger partial charge in [-0.2, -0.15) is 0 Å². The van der Waals surface area contributed by atoms with E-state index in [2.05, 4.69) is 41.5 Å². The molecule has 0 rings (SSSR count). The zero-order valence-corrected chi connectivity index (χ0v) is 29.9. The van der Waals surface area contributed by atoms with Gasteiger partial charge in [0.2, 0.25) is 0 Å². The van der Waals surface area contributed by atoms with Crippen LogP contribution in [-0.2, 0) is 14.3 Å². The molecule has 4 atom stereocenters. The minimum Gasteiger partial charge on any atom is -0.481 e. The van der Waals surface area contributed by atoms with Crippen LogP contribution in [0.15, 0.2) is 0 Å². The smallest absolute Gasteiger partial charge is 0.309 e. The molecule has 0 aliphatic carbocycles. The van der Waals surface area contributed by atoms with Crippen molar-refractivity contribution in [1.29, 1.82) is 0 Å². The Hall–Kier alpha value is -1.06. The molecule has 0 spiro atoms. The quantitative estimate of drug-likeness (QED) is 0.0609. The van der Waals surface area contributed by atoms with E-state index in [1.807, 2.05) is 0 Å². The van der Waals surface area contributed by atoms with Crippen LogP contribution < -0.4 is 0 Å². The summed E-state index contributed by atoms with van der Waals surface area (Å²) in [6.07, 6.45) is 29.6. The van der Waals surface area contributed by atoms with Crippen LogP contribution in [0.2, 0.25) is 0 Å². The van der Waals surface area contributed by atoms with Gasteiger partial charge in [0.1, 0.15) is 0 Å². The van der Waals surface area contributed by atoms with Crippen LogP contribution in [0.25, 0.3) is 0 Å². The minimum absolute atomic E-state index is 0.0511. The lowest BCUT2D eigenvalue weighted by molar-refractivity contribution is -0.154. The summed E-state index contributed by atoms with van der Waals surface area (Å²) in [6, 6.07) is 0. The first-order chi connectivity index (χ1) is 20.8. The number of hydrogen-bond acceptors (Lipinski definition) is 3. The van der Waals surface area contributed by atoms with E-state index in [1.165, 1.54) is 116 Å². The summed E-state index contributed by atoms with van der Waals surface area (Å²) >= 11 is 0. The van der Waals surface area contributed by atoms with Crippen molar-refractivity contribution in [2.45, 2.75) is 202 Å². The topological polar surface area (TPSA) is 63.6 Å². The Morgan fingerprint density at radius 3 is 1.44 bits per heavy atom. The van der Waals surface area contributed by atoms with Crippen molar-refractivity contribution >= 4 is 11.9 Å². The lowest BCUT2D eigenvalue weighted by Crippen LogP contribution is -2.32. The molecule has 4 unspecified atom stereocenters. The molecular formula is C39H76O4. The molecule has 0 aliphatic heterocycles. The predicted octanol–water partition coefficient (Wildman–Crippen LogP) is 12.6. The molecule has 256 valence electrons. The first-order valence-corrected chi connectivity index (χ1v) is 19.2. The lowest BCUT2D eigenvalue weighted by Gasteiger charge is -2.32. The number of carbonyl (C=O) groups is 2. The highest BCUT2D eigenvalue weighted by atomic mass is 16.5. The molecular weight excluding hydrogens is 532 g/mol. The average Bonchev–Trinajstić information content (AvgIpc) is 2.99. The first-order valence-electron chi connectivity index (χ1n) is 19.2. The number of carboxylic acid groups (broad SMARTS) is 1. The summed E-state index contributed by atoms with van der Waals surface area (Å²) in [7, 11) is 0. The molecule has 0 aromatic heterocycles. The van der Waals surface area contributed by atoms with Gasteiger partial charge in [-0.1, -0.05) is 170 Å². The summed E-state index contributed by atoms with van der Waals surface area (Å²) < 4.78 is 6.11. The average molecular weight is 609 g/mol. The molecule has 0 saturated carbocycles. The van der Waals surface area contributed by atoms with Gasteiger partial charge in [0.15, 0.2) is 0 Å². The Morgan fingerprint density at radius 1 is 0.581 bits per heavy atom. The Kier molecular flexibility index (Phi) is 28.9. The molecule has 0 bridgehead atoms. The van der Waals surface area contributed by atoms with Gasteiger partial charge in [-0.05, 0) is 49.4 Å². The summed E-state index contributed by atoms with van der Waals surface area (Å²) in [5.74, 6) is 1.55. The first kappa shape index (κ1) is 41.9. The fourth-order valence-electron chi connectivity index (χ4n) is 6.77. The molecule has 0 fully saturated rings. The Morgan fingerprint density at radius 2 is 1.02 bits per heavy atom. The second-order valence-electron chi connectivity index (χ2n) is 14.1. The van der Waals surface area contributed by atoms with E-state index in [-0.39, 0.29) is 11.9 Å². The number of aliphatic carboxylic acids is 1. The number of rotatable bonds is 32. The van der Waals surface area contributed by atoms with Crippen LogP contribution >= 0.6 is 0 Å². The fourth-order valence-corrected chi connectivity index (χ4v) is 6.77. The van der Waals surface area contributed by atoms with Crippen molar-refractivity contribution in [3.63, 3.8) is 0 Å². The number of carboxylic acids is 1.